The van der Waals surface area contributed by atoms with Gasteiger partial charge in [-0.2, -0.15) is 0 Å². The molecule has 0 aromatic rings. The Labute approximate surface area is 105 Å². The SMILES string of the molecule is NCC1(N2CCC(N3CCCCC3)C2)CCC1. The number of piperidine rings is 1. The van der Waals surface area contributed by atoms with Crippen LogP contribution >= 0.6 is 0 Å². The van der Waals surface area contributed by atoms with E-state index in [1.165, 1.54) is 71.1 Å². The molecule has 98 valence electrons. The molecule has 3 aliphatic rings. The lowest BCUT2D eigenvalue weighted by atomic mass is 9.75. The molecule has 1 atom stereocenters. The molecule has 2 aliphatic heterocycles. The first-order chi connectivity index (χ1) is 8.34. The molecule has 2 N–H and O–H groups in total. The van der Waals surface area contributed by atoms with Gasteiger partial charge in [0.2, 0.25) is 0 Å². The van der Waals surface area contributed by atoms with Crippen LogP contribution in [0.15, 0.2) is 0 Å². The molecule has 3 nitrogen and oxygen atoms in total. The molecular formula is C14H27N3. The predicted molar refractivity (Wildman–Crippen MR) is 71.0 cm³/mol. The number of likely N-dealkylation sites (tertiary alicyclic amines) is 2. The minimum absolute atomic E-state index is 0.407. The van der Waals surface area contributed by atoms with Crippen molar-refractivity contribution in [2.75, 3.05) is 32.7 Å². The summed E-state index contributed by atoms with van der Waals surface area (Å²) in [5.74, 6) is 0. The Morgan fingerprint density at radius 3 is 2.35 bits per heavy atom. The summed E-state index contributed by atoms with van der Waals surface area (Å²) >= 11 is 0. The summed E-state index contributed by atoms with van der Waals surface area (Å²) in [6.07, 6.45) is 9.73. The van der Waals surface area contributed by atoms with E-state index in [0.29, 0.717) is 5.54 Å². The summed E-state index contributed by atoms with van der Waals surface area (Å²) < 4.78 is 0. The summed E-state index contributed by atoms with van der Waals surface area (Å²) in [5, 5.41) is 0. The first-order valence-corrected chi connectivity index (χ1v) is 7.53. The second kappa shape index (κ2) is 4.87. The lowest BCUT2D eigenvalue weighted by Crippen LogP contribution is -2.58. The van der Waals surface area contributed by atoms with Crippen molar-refractivity contribution in [1.82, 2.24) is 9.80 Å². The van der Waals surface area contributed by atoms with E-state index < -0.39 is 0 Å². The molecule has 2 heterocycles. The summed E-state index contributed by atoms with van der Waals surface area (Å²) in [6.45, 7) is 6.14. The number of nitrogens with zero attached hydrogens (tertiary/aromatic N) is 2. The van der Waals surface area contributed by atoms with E-state index in [2.05, 4.69) is 9.80 Å². The van der Waals surface area contributed by atoms with Crippen molar-refractivity contribution < 1.29 is 0 Å². The molecule has 1 saturated carbocycles. The molecule has 1 aliphatic carbocycles. The van der Waals surface area contributed by atoms with Crippen LogP contribution < -0.4 is 5.73 Å². The molecule has 3 rings (SSSR count). The predicted octanol–water partition coefficient (Wildman–Crippen LogP) is 1.43. The van der Waals surface area contributed by atoms with E-state index >= 15 is 0 Å². The maximum absolute atomic E-state index is 6.02. The van der Waals surface area contributed by atoms with Crippen LogP contribution in [-0.2, 0) is 0 Å². The molecule has 0 amide bonds. The zero-order valence-corrected chi connectivity index (χ0v) is 11.0. The van der Waals surface area contributed by atoms with E-state index in [4.69, 9.17) is 5.73 Å². The third kappa shape index (κ3) is 2.13. The van der Waals surface area contributed by atoms with Gasteiger partial charge in [-0.1, -0.05) is 6.42 Å². The first kappa shape index (κ1) is 11.9. The normalized spacial score (nSPS) is 34.8. The Bertz CT molecular complexity index is 251. The van der Waals surface area contributed by atoms with E-state index in [1.54, 1.807) is 0 Å². The topological polar surface area (TPSA) is 32.5 Å². The van der Waals surface area contributed by atoms with Gasteiger partial charge in [-0.05, 0) is 51.6 Å². The van der Waals surface area contributed by atoms with Crippen molar-refractivity contribution in [2.45, 2.75) is 56.5 Å². The van der Waals surface area contributed by atoms with Crippen molar-refractivity contribution in [3.05, 3.63) is 0 Å². The number of hydrogen-bond donors (Lipinski definition) is 1. The zero-order chi connectivity index (χ0) is 11.7. The molecule has 2 saturated heterocycles. The van der Waals surface area contributed by atoms with Gasteiger partial charge in [-0.15, -0.1) is 0 Å². The molecule has 0 bridgehead atoms. The third-order valence-corrected chi connectivity index (χ3v) is 5.41. The number of rotatable bonds is 3. The van der Waals surface area contributed by atoms with Gasteiger partial charge in [0, 0.05) is 31.2 Å². The van der Waals surface area contributed by atoms with Gasteiger partial charge >= 0.3 is 0 Å². The summed E-state index contributed by atoms with van der Waals surface area (Å²) in [6, 6.07) is 0.833. The second-order valence-corrected chi connectivity index (χ2v) is 6.27. The fraction of sp³-hybridized carbons (Fsp3) is 1.00. The summed E-state index contributed by atoms with van der Waals surface area (Å²) in [7, 11) is 0. The third-order valence-electron chi connectivity index (χ3n) is 5.41. The van der Waals surface area contributed by atoms with Gasteiger partial charge in [0.25, 0.3) is 0 Å². The minimum Gasteiger partial charge on any atom is -0.329 e. The van der Waals surface area contributed by atoms with Crippen molar-refractivity contribution in [2.24, 2.45) is 5.73 Å². The van der Waals surface area contributed by atoms with E-state index in [1.807, 2.05) is 0 Å². The highest BCUT2D eigenvalue weighted by Gasteiger charge is 2.44. The quantitative estimate of drug-likeness (QED) is 0.806. The Hall–Kier alpha value is -0.120. The second-order valence-electron chi connectivity index (χ2n) is 6.27. The molecule has 0 radical (unpaired) electrons. The average Bonchev–Trinajstić information content (AvgIpc) is 2.80. The molecule has 17 heavy (non-hydrogen) atoms. The highest BCUT2D eigenvalue weighted by Crippen LogP contribution is 2.39. The average molecular weight is 237 g/mol. The van der Waals surface area contributed by atoms with Gasteiger partial charge in [0.05, 0.1) is 0 Å². The van der Waals surface area contributed by atoms with Crippen molar-refractivity contribution >= 4 is 0 Å². The first-order valence-electron chi connectivity index (χ1n) is 7.53. The van der Waals surface area contributed by atoms with Crippen LogP contribution in [0.25, 0.3) is 0 Å². The largest absolute Gasteiger partial charge is 0.329 e. The minimum atomic E-state index is 0.407. The fourth-order valence-electron chi connectivity index (χ4n) is 3.99. The summed E-state index contributed by atoms with van der Waals surface area (Å²) in [4.78, 5) is 5.46. The monoisotopic (exact) mass is 237 g/mol. The van der Waals surface area contributed by atoms with E-state index in [0.717, 1.165) is 12.6 Å². The molecule has 0 aromatic carbocycles. The van der Waals surface area contributed by atoms with Crippen molar-refractivity contribution in [3.8, 4) is 0 Å². The van der Waals surface area contributed by atoms with Gasteiger partial charge in [-0.25, -0.2) is 0 Å². The van der Waals surface area contributed by atoms with Gasteiger partial charge in [0.15, 0.2) is 0 Å². The van der Waals surface area contributed by atoms with Gasteiger partial charge < -0.3 is 5.73 Å². The van der Waals surface area contributed by atoms with Crippen molar-refractivity contribution in [3.63, 3.8) is 0 Å². The van der Waals surface area contributed by atoms with Crippen LogP contribution in [0.1, 0.15) is 44.9 Å². The van der Waals surface area contributed by atoms with Crippen LogP contribution in [0.4, 0.5) is 0 Å². The Morgan fingerprint density at radius 2 is 1.76 bits per heavy atom. The molecule has 3 heteroatoms. The summed E-state index contributed by atoms with van der Waals surface area (Å²) in [5.41, 5.74) is 6.42. The lowest BCUT2D eigenvalue weighted by molar-refractivity contribution is 0.0353. The Morgan fingerprint density at radius 1 is 1.00 bits per heavy atom. The fourth-order valence-corrected chi connectivity index (χ4v) is 3.99. The Balaban J connectivity index is 1.57. The van der Waals surface area contributed by atoms with Crippen molar-refractivity contribution in [1.29, 1.82) is 0 Å². The lowest BCUT2D eigenvalue weighted by Gasteiger charge is -2.48. The molecule has 1 unspecified atom stereocenters. The highest BCUT2D eigenvalue weighted by atomic mass is 15.3. The smallest absolute Gasteiger partial charge is 0.0332 e. The van der Waals surface area contributed by atoms with Crippen LogP contribution in [-0.4, -0.2) is 54.1 Å². The Kier molecular flexibility index (Phi) is 3.42. The van der Waals surface area contributed by atoms with Crippen LogP contribution in [0.2, 0.25) is 0 Å². The number of hydrogen-bond acceptors (Lipinski definition) is 3. The van der Waals surface area contributed by atoms with Crippen LogP contribution in [0.3, 0.4) is 0 Å². The van der Waals surface area contributed by atoms with E-state index in [9.17, 15) is 0 Å². The van der Waals surface area contributed by atoms with Gasteiger partial charge in [0.1, 0.15) is 0 Å². The van der Waals surface area contributed by atoms with E-state index in [-0.39, 0.29) is 0 Å². The standard InChI is InChI=1S/C14H27N3/c15-12-14(6-4-7-14)17-10-5-13(11-17)16-8-2-1-3-9-16/h13H,1-12,15H2. The molecule has 0 aromatic heterocycles. The highest BCUT2D eigenvalue weighted by molar-refractivity contribution is 5.02. The molecular weight excluding hydrogens is 210 g/mol. The maximum atomic E-state index is 6.02. The molecule has 0 spiro atoms. The zero-order valence-electron chi connectivity index (χ0n) is 11.0. The van der Waals surface area contributed by atoms with Crippen LogP contribution in [0, 0.1) is 0 Å². The number of nitrogens with two attached hydrogens (primary N) is 1. The van der Waals surface area contributed by atoms with Gasteiger partial charge in [-0.3, -0.25) is 9.80 Å². The maximum Gasteiger partial charge on any atom is 0.0332 e. The molecule has 3 fully saturated rings. The van der Waals surface area contributed by atoms with Crippen LogP contribution in [0.5, 0.6) is 0 Å².